The van der Waals surface area contributed by atoms with Crippen molar-refractivity contribution in [3.8, 4) is 35.9 Å². The molecular weight excluding hydrogens is 1360 g/mol. The highest BCUT2D eigenvalue weighted by Gasteiger charge is 2.42. The van der Waals surface area contributed by atoms with Gasteiger partial charge >= 0.3 is 49.4 Å². The van der Waals surface area contributed by atoms with Crippen LogP contribution >= 0.6 is 7.37 Å². The molecule has 7 amide bonds. The minimum Gasteiger partial charge on any atom is -0.481 e. The molecule has 95 heavy (non-hydrogen) atoms. The SMILES string of the molecule is C#CCN1C(=O)COc2cc(F)c(N3C(=O)C4=C(CCCC4)C3=O)cc21.COc1nc(C)nc(NC(=O)NS(=O)(=O)c2ccccc2CCC(F)(F)F)n1.CP(=O)(O)CCC(N)C(=O)O.O=C(Nc1nc(OC(F)F)cc(OC(F)F)n1)NS(=O)(=O)c1ccccc1C(=O)O. The van der Waals surface area contributed by atoms with Gasteiger partial charge in [-0.05, 0) is 75.3 Å². The lowest BCUT2D eigenvalue weighted by molar-refractivity contribution is -0.138. The number of methoxy groups -OCH3 is 1. The predicted octanol–water partition coefficient (Wildman–Crippen LogP) is 5.70. The summed E-state index contributed by atoms with van der Waals surface area (Å²) in [4.78, 5) is 110. The first kappa shape index (κ1) is 75.5. The molecular formula is C53H53F8N12O19PS2. The third-order valence-electron chi connectivity index (χ3n) is 12.3. The molecule has 3 aliphatic rings. The topological polar surface area (TPSA) is 448 Å². The Kier molecular flexibility index (Phi) is 25.9. The number of hydrogen-bond donors (Lipinski definition) is 8. The molecule has 512 valence electrons. The Balaban J connectivity index is 0.000000239. The van der Waals surface area contributed by atoms with Crippen LogP contribution in [0, 0.1) is 25.1 Å². The van der Waals surface area contributed by atoms with Crippen LogP contribution in [-0.4, -0.2) is 157 Å². The number of nitrogens with one attached hydrogen (secondary N) is 4. The van der Waals surface area contributed by atoms with E-state index < -0.39 is 140 Å². The van der Waals surface area contributed by atoms with Gasteiger partial charge in [0.05, 0.1) is 41.6 Å². The lowest BCUT2D eigenvalue weighted by atomic mass is 9.93. The Labute approximate surface area is 532 Å². The monoisotopic (exact) mass is 1410 g/mol. The van der Waals surface area contributed by atoms with Crippen LogP contribution < -0.4 is 54.6 Å². The number of nitrogens with zero attached hydrogens (tertiary/aromatic N) is 7. The molecule has 4 heterocycles. The van der Waals surface area contributed by atoms with Gasteiger partial charge in [0, 0.05) is 36.5 Å². The predicted molar refractivity (Wildman–Crippen MR) is 311 cm³/mol. The number of sulfonamides is 2. The number of aromatic carboxylic acids is 1. The number of anilines is 4. The summed E-state index contributed by atoms with van der Waals surface area (Å²) in [7, 11) is -11.0. The van der Waals surface area contributed by atoms with Crippen LogP contribution in [0.5, 0.6) is 23.5 Å². The number of urea groups is 2. The van der Waals surface area contributed by atoms with Crippen molar-refractivity contribution >= 4 is 92.4 Å². The van der Waals surface area contributed by atoms with Crippen molar-refractivity contribution in [3.05, 3.63) is 101 Å². The molecule has 31 nitrogen and oxygen atoms in total. The molecule has 3 aromatic carbocycles. The maximum atomic E-state index is 14.7. The number of carbonyl (C=O) groups is 7. The third kappa shape index (κ3) is 22.3. The second-order valence-electron chi connectivity index (χ2n) is 19.3. The average molecular weight is 1410 g/mol. The van der Waals surface area contributed by atoms with Gasteiger partial charge in [0.25, 0.3) is 37.8 Å². The molecule has 0 spiro atoms. The van der Waals surface area contributed by atoms with Gasteiger partial charge in [-0.1, -0.05) is 36.3 Å². The minimum atomic E-state index is -4.71. The summed E-state index contributed by atoms with van der Waals surface area (Å²) in [6.45, 7) is -4.40. The molecule has 2 aromatic heterocycles. The fourth-order valence-corrected chi connectivity index (χ4v) is 11.3. The van der Waals surface area contributed by atoms with Gasteiger partial charge in [-0.2, -0.15) is 55.7 Å². The molecule has 2 unspecified atom stereocenters. The van der Waals surface area contributed by atoms with E-state index in [1.807, 2.05) is 0 Å². The first-order valence-electron chi connectivity index (χ1n) is 26.6. The molecule has 8 rings (SSSR count). The average Bonchev–Trinajstić information content (AvgIpc) is 1.66. The summed E-state index contributed by atoms with van der Waals surface area (Å²) < 4.78 is 182. The molecule has 2 atom stereocenters. The lowest BCUT2D eigenvalue weighted by Crippen LogP contribution is -2.39. The number of rotatable bonds is 20. The Hall–Kier alpha value is -10.2. The number of hydrogen-bond acceptors (Lipinski definition) is 22. The van der Waals surface area contributed by atoms with Gasteiger partial charge in [0.1, 0.15) is 22.5 Å². The molecule has 9 N–H and O–H groups in total. The maximum absolute atomic E-state index is 14.7. The molecule has 0 fully saturated rings. The maximum Gasteiger partial charge on any atom is 0.389 e. The number of alkyl halides is 7. The standard InChI is InChI=1S/C19H15FN2O4.C15H16F3N5O4S.C14H10F4N4O7S.C5H12NO4P/c1-2-7-21-15-9-14(13(20)8-16(15)26-10-17(21)23)22-18(24)11-5-3-4-6-12(11)19(22)25;1-9-19-12(22-14(20-9)27-2)21-13(24)23-28(25,26)11-6-4-3-5-10(11)7-8-15(16,17)18;15-11(16)28-8-5-9(29-12(17)18)20-13(19-8)21-14(25)22-30(26,27)7-4-2-1-3-6(7)10(23)24;1-11(9,10)3-2-4(6)5(7)8/h1,8-9H,3-7,10H2;3-6H,7-8H2,1-2H3,(H2,19,20,21,22,23,24);1-5,11-12H,(H,23,24)(H2,19,20,21,22,25);4H,2-3,6H2,1H3,(H,7,8)(H,9,10). The van der Waals surface area contributed by atoms with E-state index in [1.54, 1.807) is 10.0 Å². The fourth-order valence-electron chi connectivity index (χ4n) is 8.21. The third-order valence-corrected chi connectivity index (χ3v) is 16.2. The number of ether oxygens (including phenoxy) is 4. The number of imide groups is 1. The zero-order valence-corrected chi connectivity index (χ0v) is 51.6. The van der Waals surface area contributed by atoms with Crippen LogP contribution in [0.15, 0.2) is 87.7 Å². The molecule has 5 aromatic rings. The van der Waals surface area contributed by atoms with E-state index in [4.69, 9.17) is 36.7 Å². The number of aryl methyl sites for hydroxylation is 2. The highest BCUT2D eigenvalue weighted by Crippen LogP contribution is 2.42. The summed E-state index contributed by atoms with van der Waals surface area (Å²) in [5.74, 6) is -5.24. The van der Waals surface area contributed by atoms with Gasteiger partial charge in [-0.25, -0.2) is 50.0 Å². The largest absolute Gasteiger partial charge is 0.481 e. The molecule has 42 heteroatoms. The Morgan fingerprint density at radius 2 is 1.33 bits per heavy atom. The number of benzene rings is 3. The number of terminal acetylenes is 1. The van der Waals surface area contributed by atoms with Crippen molar-refractivity contribution < 1.29 is 124 Å². The second-order valence-corrected chi connectivity index (χ2v) is 25.2. The van der Waals surface area contributed by atoms with Crippen molar-refractivity contribution in [2.45, 2.75) is 87.1 Å². The van der Waals surface area contributed by atoms with Gasteiger partial charge in [-0.3, -0.25) is 39.3 Å². The Bertz CT molecular complexity index is 4050. The number of carboxylic acid groups (broad SMARTS) is 2. The Morgan fingerprint density at radius 1 is 0.800 bits per heavy atom. The highest BCUT2D eigenvalue weighted by molar-refractivity contribution is 7.90. The number of carboxylic acids is 2. The highest BCUT2D eigenvalue weighted by atomic mass is 32.2. The summed E-state index contributed by atoms with van der Waals surface area (Å²) in [5.41, 5.74) is 5.37. The van der Waals surface area contributed by atoms with Gasteiger partial charge in [0.2, 0.25) is 23.7 Å². The molecule has 2 aliphatic heterocycles. The van der Waals surface area contributed by atoms with Crippen LogP contribution in [-0.2, 0) is 50.2 Å². The van der Waals surface area contributed by atoms with Crippen molar-refractivity contribution in [1.29, 1.82) is 0 Å². The van der Waals surface area contributed by atoms with Crippen molar-refractivity contribution in [2.24, 2.45) is 5.73 Å². The first-order valence-corrected chi connectivity index (χ1v) is 31.9. The zero-order chi connectivity index (χ0) is 70.9. The Morgan fingerprint density at radius 3 is 1.83 bits per heavy atom. The smallest absolute Gasteiger partial charge is 0.389 e. The van der Waals surface area contributed by atoms with Gasteiger partial charge in [0.15, 0.2) is 19.8 Å². The quantitative estimate of drug-likeness (QED) is 0.0200. The van der Waals surface area contributed by atoms with Crippen LogP contribution in [0.4, 0.5) is 68.0 Å². The molecule has 0 saturated carbocycles. The summed E-state index contributed by atoms with van der Waals surface area (Å²) in [5, 5.41) is 21.1. The van der Waals surface area contributed by atoms with E-state index in [1.165, 1.54) is 66.7 Å². The molecule has 0 bridgehead atoms. The summed E-state index contributed by atoms with van der Waals surface area (Å²) >= 11 is 0. The number of nitrogens with two attached hydrogens (primary N) is 1. The van der Waals surface area contributed by atoms with Crippen molar-refractivity contribution in [2.75, 3.05) is 53.5 Å². The van der Waals surface area contributed by atoms with Crippen LogP contribution in [0.25, 0.3) is 0 Å². The zero-order valence-electron chi connectivity index (χ0n) is 49.1. The van der Waals surface area contributed by atoms with Crippen molar-refractivity contribution in [1.82, 2.24) is 34.4 Å². The van der Waals surface area contributed by atoms with E-state index in [2.05, 4.69) is 45.6 Å². The first-order chi connectivity index (χ1) is 44.3. The van der Waals surface area contributed by atoms with E-state index in [0.717, 1.165) is 42.0 Å². The minimum absolute atomic E-state index is 0.0170. The van der Waals surface area contributed by atoms with Crippen molar-refractivity contribution in [3.63, 3.8) is 0 Å². The van der Waals surface area contributed by atoms with E-state index in [-0.39, 0.29) is 72.1 Å². The van der Waals surface area contributed by atoms with E-state index in [9.17, 15) is 90.1 Å². The van der Waals surface area contributed by atoms with Crippen LogP contribution in [0.1, 0.15) is 60.3 Å². The fraction of sp³-hybridized carbons (Fsp3) is 0.321. The van der Waals surface area contributed by atoms with E-state index in [0.29, 0.717) is 30.1 Å². The molecule has 0 radical (unpaired) electrons. The second kappa shape index (κ2) is 32.6. The van der Waals surface area contributed by atoms with Gasteiger partial charge < -0.3 is 39.8 Å². The number of carbonyl (C=O) groups excluding carboxylic acids is 5. The number of aromatic nitrogens is 5. The normalized spacial score (nSPS) is 14.5. The number of aliphatic carboxylic acids is 1. The lowest BCUT2D eigenvalue weighted by Gasteiger charge is -2.29. The summed E-state index contributed by atoms with van der Waals surface area (Å²) in [6, 6.07) is 8.37. The van der Waals surface area contributed by atoms with Crippen LogP contribution in [0.3, 0.4) is 0 Å². The number of fused-ring (bicyclic) bond motifs is 1. The van der Waals surface area contributed by atoms with Gasteiger partial charge in [-0.15, -0.1) is 6.42 Å². The number of halogens is 8. The van der Waals surface area contributed by atoms with E-state index >= 15 is 0 Å². The van der Waals surface area contributed by atoms with Crippen LogP contribution in [0.2, 0.25) is 0 Å². The molecule has 1 aliphatic carbocycles. The number of amides is 7. The molecule has 0 saturated heterocycles. The summed E-state index contributed by atoms with van der Waals surface area (Å²) in [6.07, 6.45) is 1.82.